The van der Waals surface area contributed by atoms with Crippen molar-refractivity contribution >= 4 is 43.5 Å². The number of aliphatic imine (C=N–C) groups is 1. The van der Waals surface area contributed by atoms with Crippen molar-refractivity contribution < 1.29 is 5.21 Å². The van der Waals surface area contributed by atoms with E-state index in [1.54, 1.807) is 5.48 Å². The summed E-state index contributed by atoms with van der Waals surface area (Å²) in [7, 11) is 0. The number of guanidine groups is 1. The Morgan fingerprint density at radius 2 is 1.93 bits per heavy atom. The van der Waals surface area contributed by atoms with Gasteiger partial charge in [-0.1, -0.05) is 0 Å². The van der Waals surface area contributed by atoms with Gasteiger partial charge in [-0.25, -0.2) is 10.5 Å². The molecule has 14 heavy (non-hydrogen) atoms. The first-order chi connectivity index (χ1) is 6.54. The van der Waals surface area contributed by atoms with E-state index in [9.17, 15) is 0 Å². The second-order valence-electron chi connectivity index (χ2n) is 2.69. The van der Waals surface area contributed by atoms with E-state index in [4.69, 9.17) is 10.9 Å². The summed E-state index contributed by atoms with van der Waals surface area (Å²) >= 11 is 6.71. The summed E-state index contributed by atoms with van der Waals surface area (Å²) in [4.78, 5) is 3.96. The Hall–Kier alpha value is -0.590. The second-order valence-corrected chi connectivity index (χ2v) is 4.39. The molecule has 0 aromatic heterocycles. The predicted molar refractivity (Wildman–Crippen MR) is 62.8 cm³/mol. The van der Waals surface area contributed by atoms with E-state index in [1.807, 2.05) is 19.1 Å². The van der Waals surface area contributed by atoms with Crippen molar-refractivity contribution in [2.75, 3.05) is 0 Å². The first kappa shape index (κ1) is 11.5. The van der Waals surface area contributed by atoms with E-state index in [2.05, 4.69) is 36.9 Å². The van der Waals surface area contributed by atoms with Crippen LogP contribution >= 0.6 is 31.9 Å². The predicted octanol–water partition coefficient (Wildman–Crippen LogP) is 2.45. The molecule has 0 heterocycles. The Kier molecular flexibility index (Phi) is 3.91. The maximum absolute atomic E-state index is 8.50. The van der Waals surface area contributed by atoms with E-state index in [0.29, 0.717) is 5.69 Å². The molecule has 0 saturated carbocycles. The van der Waals surface area contributed by atoms with E-state index in [0.717, 1.165) is 14.5 Å². The average Bonchev–Trinajstić information content (AvgIpc) is 2.10. The first-order valence-corrected chi connectivity index (χ1v) is 5.33. The lowest BCUT2D eigenvalue weighted by atomic mass is 10.2. The van der Waals surface area contributed by atoms with E-state index in [1.165, 1.54) is 0 Å². The lowest BCUT2D eigenvalue weighted by Crippen LogP contribution is -2.27. The molecule has 4 N–H and O–H groups in total. The number of hydrogen-bond acceptors (Lipinski definition) is 2. The largest absolute Gasteiger partial charge is 0.368 e. The Morgan fingerprint density at radius 1 is 1.43 bits per heavy atom. The zero-order valence-electron chi connectivity index (χ0n) is 7.38. The topological polar surface area (TPSA) is 70.6 Å². The molecule has 0 atom stereocenters. The fourth-order valence-corrected chi connectivity index (χ4v) is 2.54. The van der Waals surface area contributed by atoms with Crippen LogP contribution in [0.5, 0.6) is 0 Å². The van der Waals surface area contributed by atoms with Gasteiger partial charge in [-0.3, -0.25) is 5.21 Å². The fraction of sp³-hybridized carbons (Fsp3) is 0.125. The lowest BCUT2D eigenvalue weighted by molar-refractivity contribution is 0.233. The van der Waals surface area contributed by atoms with E-state index < -0.39 is 0 Å². The molecule has 6 heteroatoms. The molecule has 4 nitrogen and oxygen atoms in total. The van der Waals surface area contributed by atoms with E-state index in [-0.39, 0.29) is 5.96 Å². The van der Waals surface area contributed by atoms with Crippen LogP contribution in [0.3, 0.4) is 0 Å². The average molecular weight is 323 g/mol. The number of nitrogens with zero attached hydrogens (tertiary/aromatic N) is 1. The number of nitrogens with one attached hydrogen (secondary N) is 1. The van der Waals surface area contributed by atoms with Crippen molar-refractivity contribution in [3.05, 3.63) is 26.6 Å². The minimum absolute atomic E-state index is 0.0600. The number of benzene rings is 1. The van der Waals surface area contributed by atoms with Crippen molar-refractivity contribution in [3.8, 4) is 0 Å². The number of halogens is 2. The van der Waals surface area contributed by atoms with Gasteiger partial charge in [0.1, 0.15) is 0 Å². The molecular formula is C8H9Br2N3O. The van der Waals surface area contributed by atoms with Crippen LogP contribution in [0.2, 0.25) is 0 Å². The number of hydrogen-bond donors (Lipinski definition) is 3. The summed E-state index contributed by atoms with van der Waals surface area (Å²) in [5.74, 6) is -0.0600. The smallest absolute Gasteiger partial charge is 0.218 e. The normalized spacial score (nSPS) is 11.6. The summed E-state index contributed by atoms with van der Waals surface area (Å²) < 4.78 is 1.62. The van der Waals surface area contributed by atoms with E-state index >= 15 is 0 Å². The van der Waals surface area contributed by atoms with Crippen LogP contribution in [-0.2, 0) is 0 Å². The maximum atomic E-state index is 8.50. The summed E-state index contributed by atoms with van der Waals surface area (Å²) in [5, 5.41) is 8.50. The zero-order chi connectivity index (χ0) is 10.7. The summed E-state index contributed by atoms with van der Waals surface area (Å²) in [5.41, 5.74) is 8.83. The number of aryl methyl sites for hydroxylation is 1. The molecule has 0 aliphatic carbocycles. The van der Waals surface area contributed by atoms with Gasteiger partial charge < -0.3 is 5.73 Å². The third-order valence-electron chi connectivity index (χ3n) is 1.51. The number of hydroxylamine groups is 1. The first-order valence-electron chi connectivity index (χ1n) is 3.74. The van der Waals surface area contributed by atoms with Gasteiger partial charge in [0.15, 0.2) is 0 Å². The molecule has 0 amide bonds. The molecule has 1 aromatic carbocycles. The highest BCUT2D eigenvalue weighted by Crippen LogP contribution is 2.34. The summed E-state index contributed by atoms with van der Waals surface area (Å²) in [6.45, 7) is 1.97. The quantitative estimate of drug-likeness (QED) is 0.422. The maximum Gasteiger partial charge on any atom is 0.218 e. The Morgan fingerprint density at radius 3 is 2.36 bits per heavy atom. The van der Waals surface area contributed by atoms with Crippen LogP contribution in [0.25, 0.3) is 0 Å². The van der Waals surface area contributed by atoms with Crippen LogP contribution in [0.15, 0.2) is 26.1 Å². The summed E-state index contributed by atoms with van der Waals surface area (Å²) in [6, 6.07) is 3.82. The Labute approximate surface area is 98.4 Å². The van der Waals surface area contributed by atoms with Crippen molar-refractivity contribution in [1.82, 2.24) is 5.48 Å². The highest BCUT2D eigenvalue weighted by molar-refractivity contribution is 9.11. The van der Waals surface area contributed by atoms with Crippen molar-refractivity contribution in [2.45, 2.75) is 6.92 Å². The van der Waals surface area contributed by atoms with Gasteiger partial charge >= 0.3 is 0 Å². The van der Waals surface area contributed by atoms with Gasteiger partial charge in [-0.05, 0) is 56.5 Å². The lowest BCUT2D eigenvalue weighted by Gasteiger charge is -2.04. The third-order valence-corrected chi connectivity index (χ3v) is 2.72. The number of nitrogens with two attached hydrogens (primary N) is 1. The van der Waals surface area contributed by atoms with Crippen LogP contribution in [-0.4, -0.2) is 11.2 Å². The molecule has 0 aliphatic heterocycles. The molecule has 0 radical (unpaired) electrons. The van der Waals surface area contributed by atoms with Crippen LogP contribution in [0.1, 0.15) is 5.56 Å². The molecule has 0 fully saturated rings. The van der Waals surface area contributed by atoms with Gasteiger partial charge in [0.2, 0.25) is 5.96 Å². The Balaban J connectivity index is 3.21. The van der Waals surface area contributed by atoms with Crippen LogP contribution in [0, 0.1) is 6.92 Å². The van der Waals surface area contributed by atoms with Crippen LogP contribution < -0.4 is 11.2 Å². The van der Waals surface area contributed by atoms with Crippen LogP contribution in [0.4, 0.5) is 5.69 Å². The molecule has 76 valence electrons. The third kappa shape index (κ3) is 2.70. The van der Waals surface area contributed by atoms with Gasteiger partial charge in [0.05, 0.1) is 5.69 Å². The minimum atomic E-state index is -0.0600. The highest BCUT2D eigenvalue weighted by Gasteiger charge is 2.05. The molecule has 0 bridgehead atoms. The van der Waals surface area contributed by atoms with Crippen molar-refractivity contribution in [1.29, 1.82) is 0 Å². The van der Waals surface area contributed by atoms with Gasteiger partial charge in [0, 0.05) is 8.95 Å². The fourth-order valence-electron chi connectivity index (χ4n) is 0.944. The molecule has 1 rings (SSSR count). The molecule has 0 unspecified atom stereocenters. The van der Waals surface area contributed by atoms with Gasteiger partial charge in [-0.15, -0.1) is 0 Å². The molecular weight excluding hydrogens is 314 g/mol. The monoisotopic (exact) mass is 321 g/mol. The zero-order valence-corrected chi connectivity index (χ0v) is 10.6. The SMILES string of the molecule is Cc1cc(Br)c(N=C(N)NO)c(Br)c1. The summed E-state index contributed by atoms with van der Waals surface area (Å²) in [6.07, 6.45) is 0. The van der Waals surface area contributed by atoms with Gasteiger partial charge in [0.25, 0.3) is 0 Å². The van der Waals surface area contributed by atoms with Crippen molar-refractivity contribution in [2.24, 2.45) is 10.7 Å². The highest BCUT2D eigenvalue weighted by atomic mass is 79.9. The number of rotatable bonds is 1. The molecule has 1 aromatic rings. The molecule has 0 spiro atoms. The Bertz CT molecular complexity index is 356. The molecule has 0 saturated heterocycles. The van der Waals surface area contributed by atoms with Crippen molar-refractivity contribution in [3.63, 3.8) is 0 Å². The molecule has 0 aliphatic rings. The second kappa shape index (κ2) is 4.77. The van der Waals surface area contributed by atoms with Gasteiger partial charge in [-0.2, -0.15) is 0 Å². The standard InChI is InChI=1S/C8H9Br2N3O/c1-4-2-5(9)7(6(10)3-4)12-8(11)13-14/h2-3,14H,1H3,(H3,11,12,13). The minimum Gasteiger partial charge on any atom is -0.368 e.